The average Bonchev–Trinajstić information content (AvgIpc) is 2.97. The Hall–Kier alpha value is -2.16. The quantitative estimate of drug-likeness (QED) is 0.614. The van der Waals surface area contributed by atoms with E-state index in [1.165, 1.54) is 11.3 Å². The number of hydrogen-bond donors (Lipinski definition) is 4. The molecular weight excluding hydrogens is 362 g/mol. The predicted octanol–water partition coefficient (Wildman–Crippen LogP) is 2.85. The maximum atomic E-state index is 12.1. The van der Waals surface area contributed by atoms with Gasteiger partial charge >= 0.3 is 6.03 Å². The molecule has 1 aromatic carbocycles. The van der Waals surface area contributed by atoms with Crippen LogP contribution >= 0.6 is 23.7 Å². The monoisotopic (exact) mass is 383 g/mol. The fraction of sp³-hybridized carbons (Fsp3) is 0.312. The summed E-state index contributed by atoms with van der Waals surface area (Å²) in [6.07, 6.45) is 0.663. The van der Waals surface area contributed by atoms with Crippen molar-refractivity contribution in [2.75, 3.05) is 17.2 Å². The van der Waals surface area contributed by atoms with Crippen molar-refractivity contribution in [3.8, 4) is 0 Å². The third-order valence-corrected chi connectivity index (χ3v) is 3.87. The molecule has 5 N–H and O–H groups in total. The summed E-state index contributed by atoms with van der Waals surface area (Å²) in [6.45, 7) is 4.28. The van der Waals surface area contributed by atoms with Gasteiger partial charge in [0, 0.05) is 29.2 Å². The van der Waals surface area contributed by atoms with Crippen molar-refractivity contribution >= 4 is 47.1 Å². The lowest BCUT2D eigenvalue weighted by atomic mass is 10.2. The zero-order valence-electron chi connectivity index (χ0n) is 14.0. The third kappa shape index (κ3) is 6.69. The van der Waals surface area contributed by atoms with E-state index in [1.54, 1.807) is 29.6 Å². The number of aromatic nitrogens is 1. The zero-order chi connectivity index (χ0) is 17.5. The van der Waals surface area contributed by atoms with Crippen LogP contribution in [0.1, 0.15) is 29.3 Å². The van der Waals surface area contributed by atoms with Crippen LogP contribution < -0.4 is 21.7 Å². The molecule has 25 heavy (non-hydrogen) atoms. The van der Waals surface area contributed by atoms with Crippen molar-refractivity contribution in [3.63, 3.8) is 0 Å². The highest BCUT2D eigenvalue weighted by Gasteiger charge is 2.11. The van der Waals surface area contributed by atoms with Gasteiger partial charge in [0.1, 0.15) is 5.69 Å². The largest absolute Gasteiger partial charge is 0.336 e. The van der Waals surface area contributed by atoms with Crippen LogP contribution in [0, 0.1) is 0 Å². The maximum absolute atomic E-state index is 12.1. The summed E-state index contributed by atoms with van der Waals surface area (Å²) < 4.78 is 0. The van der Waals surface area contributed by atoms with Gasteiger partial charge in [0.2, 0.25) is 0 Å². The molecule has 0 bridgehead atoms. The summed E-state index contributed by atoms with van der Waals surface area (Å²) in [7, 11) is 0. The molecule has 0 spiro atoms. The first kappa shape index (κ1) is 20.9. The number of urea groups is 1. The third-order valence-electron chi connectivity index (χ3n) is 2.96. The summed E-state index contributed by atoms with van der Waals surface area (Å²) >= 11 is 1.42. The van der Waals surface area contributed by atoms with Crippen molar-refractivity contribution < 1.29 is 9.59 Å². The van der Waals surface area contributed by atoms with E-state index >= 15 is 0 Å². The summed E-state index contributed by atoms with van der Waals surface area (Å²) in [4.78, 5) is 28.0. The Kier molecular flexibility index (Phi) is 8.33. The first-order chi connectivity index (χ1) is 11.5. The van der Waals surface area contributed by atoms with E-state index < -0.39 is 0 Å². The molecule has 1 aromatic heterocycles. The van der Waals surface area contributed by atoms with Gasteiger partial charge in [-0.05, 0) is 44.7 Å². The number of nitrogens with two attached hydrogens (primary N) is 1. The minimum Gasteiger partial charge on any atom is -0.336 e. The Balaban J connectivity index is 0.00000312. The number of halogens is 1. The molecule has 7 nitrogen and oxygen atoms in total. The number of nitrogens with zero attached hydrogens (tertiary/aromatic N) is 1. The molecular formula is C16H22ClN5O2S. The fourth-order valence-electron chi connectivity index (χ4n) is 1.91. The highest BCUT2D eigenvalue weighted by molar-refractivity contribution is 7.09. The van der Waals surface area contributed by atoms with Gasteiger partial charge in [0.25, 0.3) is 5.91 Å². The van der Waals surface area contributed by atoms with Crippen molar-refractivity contribution in [1.29, 1.82) is 0 Å². The second-order valence-electron chi connectivity index (χ2n) is 5.45. The van der Waals surface area contributed by atoms with Crippen molar-refractivity contribution in [3.05, 3.63) is 40.3 Å². The Bertz CT molecular complexity index is 703. The number of anilines is 2. The molecule has 9 heteroatoms. The molecule has 1 heterocycles. The van der Waals surface area contributed by atoms with Crippen LogP contribution in [0.3, 0.4) is 0 Å². The van der Waals surface area contributed by atoms with E-state index in [2.05, 4.69) is 20.9 Å². The molecule has 0 saturated heterocycles. The summed E-state index contributed by atoms with van der Waals surface area (Å²) in [6, 6.07) is 6.67. The van der Waals surface area contributed by atoms with Crippen LogP contribution in [-0.2, 0) is 6.42 Å². The molecule has 3 amide bonds. The van der Waals surface area contributed by atoms with Crippen LogP contribution in [0.15, 0.2) is 29.6 Å². The minimum atomic E-state index is -0.271. The van der Waals surface area contributed by atoms with Crippen molar-refractivity contribution in [2.45, 2.75) is 26.3 Å². The second-order valence-corrected chi connectivity index (χ2v) is 6.39. The lowest BCUT2D eigenvalue weighted by Gasteiger charge is -2.10. The van der Waals surface area contributed by atoms with Gasteiger partial charge in [-0.3, -0.25) is 4.79 Å². The van der Waals surface area contributed by atoms with Crippen LogP contribution in [0.25, 0.3) is 0 Å². The molecule has 2 rings (SSSR count). The molecule has 136 valence electrons. The molecule has 2 aromatic rings. The van der Waals surface area contributed by atoms with E-state index in [9.17, 15) is 9.59 Å². The molecule has 0 aliphatic carbocycles. The number of nitrogens with one attached hydrogen (secondary N) is 3. The van der Waals surface area contributed by atoms with Gasteiger partial charge in [0.05, 0.1) is 5.01 Å². The van der Waals surface area contributed by atoms with Gasteiger partial charge < -0.3 is 21.7 Å². The smallest absolute Gasteiger partial charge is 0.319 e. The van der Waals surface area contributed by atoms with Crippen LogP contribution in [-0.4, -0.2) is 29.5 Å². The standard InChI is InChI=1S/C16H21N5O2S.ClH/c1-10(2)18-16(23)20-12-5-3-11(4-6-12)19-15(22)13-9-24-14(21-13)7-8-17;/h3-6,9-10H,7-8,17H2,1-2H3,(H,19,22)(H2,18,20,23);1H. The molecule has 0 aliphatic rings. The first-order valence-electron chi connectivity index (χ1n) is 7.61. The van der Waals surface area contributed by atoms with Crippen LogP contribution in [0.4, 0.5) is 16.2 Å². The number of carbonyl (C=O) groups excluding carboxylic acids is 2. The maximum Gasteiger partial charge on any atom is 0.319 e. The zero-order valence-corrected chi connectivity index (χ0v) is 15.7. The normalized spacial score (nSPS) is 10.1. The highest BCUT2D eigenvalue weighted by atomic mass is 35.5. The minimum absolute atomic E-state index is 0. The van der Waals surface area contributed by atoms with E-state index in [4.69, 9.17) is 5.73 Å². The van der Waals surface area contributed by atoms with Crippen LogP contribution in [0.5, 0.6) is 0 Å². The molecule has 0 saturated carbocycles. The fourth-order valence-corrected chi connectivity index (χ4v) is 2.71. The number of hydrogen-bond acceptors (Lipinski definition) is 5. The summed E-state index contributed by atoms with van der Waals surface area (Å²) in [5.41, 5.74) is 7.12. The Morgan fingerprint density at radius 2 is 1.76 bits per heavy atom. The Labute approximate surface area is 156 Å². The molecule has 0 atom stereocenters. The molecule has 0 aliphatic heterocycles. The average molecular weight is 384 g/mol. The highest BCUT2D eigenvalue weighted by Crippen LogP contribution is 2.16. The SMILES string of the molecule is CC(C)NC(=O)Nc1ccc(NC(=O)c2csc(CCN)n2)cc1.Cl. The van der Waals surface area contributed by atoms with Gasteiger partial charge in [-0.15, -0.1) is 23.7 Å². The summed E-state index contributed by atoms with van der Waals surface area (Å²) in [5.74, 6) is -0.271. The topological polar surface area (TPSA) is 109 Å². The summed E-state index contributed by atoms with van der Waals surface area (Å²) in [5, 5.41) is 10.8. The molecule has 0 unspecified atom stereocenters. The van der Waals surface area contributed by atoms with Gasteiger partial charge in [0.15, 0.2) is 0 Å². The lowest BCUT2D eigenvalue weighted by molar-refractivity contribution is 0.102. The molecule has 0 fully saturated rings. The predicted molar refractivity (Wildman–Crippen MR) is 104 cm³/mol. The number of thiazole rings is 1. The first-order valence-corrected chi connectivity index (χ1v) is 8.49. The molecule has 0 radical (unpaired) electrons. The number of rotatable bonds is 6. The van der Waals surface area contributed by atoms with Gasteiger partial charge in [-0.2, -0.15) is 0 Å². The van der Waals surface area contributed by atoms with E-state index in [-0.39, 0.29) is 30.4 Å². The Morgan fingerprint density at radius 3 is 2.32 bits per heavy atom. The number of amides is 3. The van der Waals surface area contributed by atoms with E-state index in [1.807, 2.05) is 13.8 Å². The van der Waals surface area contributed by atoms with E-state index in [0.29, 0.717) is 30.0 Å². The Morgan fingerprint density at radius 1 is 1.16 bits per heavy atom. The van der Waals surface area contributed by atoms with Gasteiger partial charge in [-0.1, -0.05) is 0 Å². The van der Waals surface area contributed by atoms with Gasteiger partial charge in [-0.25, -0.2) is 9.78 Å². The van der Waals surface area contributed by atoms with Crippen molar-refractivity contribution in [2.24, 2.45) is 5.73 Å². The number of carbonyl (C=O) groups is 2. The lowest BCUT2D eigenvalue weighted by Crippen LogP contribution is -2.34. The van der Waals surface area contributed by atoms with Crippen LogP contribution in [0.2, 0.25) is 0 Å². The number of benzene rings is 1. The second kappa shape index (κ2) is 9.97. The van der Waals surface area contributed by atoms with E-state index in [0.717, 1.165) is 5.01 Å². The van der Waals surface area contributed by atoms with Crippen molar-refractivity contribution in [1.82, 2.24) is 10.3 Å².